The van der Waals surface area contributed by atoms with E-state index in [2.05, 4.69) is 40.2 Å². The second kappa shape index (κ2) is 8.31. The molecule has 2 fully saturated rings. The zero-order valence-corrected chi connectivity index (χ0v) is 16.4. The highest BCUT2D eigenvalue weighted by Crippen LogP contribution is 2.39. The van der Waals surface area contributed by atoms with E-state index in [-0.39, 0.29) is 16.9 Å². The fraction of sp³-hybridized carbons (Fsp3) is 0.478. The van der Waals surface area contributed by atoms with Crippen molar-refractivity contribution in [3.63, 3.8) is 0 Å². The molecule has 0 saturated carbocycles. The highest BCUT2D eigenvalue weighted by molar-refractivity contribution is 5.94. The van der Waals surface area contributed by atoms with Crippen LogP contribution in [0.3, 0.4) is 0 Å². The summed E-state index contributed by atoms with van der Waals surface area (Å²) < 4.78 is 0. The summed E-state index contributed by atoms with van der Waals surface area (Å²) in [5.74, 6) is 0.0364. The topological polar surface area (TPSA) is 56.4 Å². The second-order valence-electron chi connectivity index (χ2n) is 8.39. The van der Waals surface area contributed by atoms with Crippen molar-refractivity contribution in [1.82, 2.24) is 14.8 Å². The average Bonchev–Trinajstić information content (AvgIpc) is 3.12. The Balaban J connectivity index is 1.31. The summed E-state index contributed by atoms with van der Waals surface area (Å²) in [7, 11) is 0. The number of amides is 1. The van der Waals surface area contributed by atoms with Gasteiger partial charge in [0.2, 0.25) is 5.56 Å². The number of carbonyl (C=O) groups is 1. The third-order valence-electron chi connectivity index (χ3n) is 6.28. The van der Waals surface area contributed by atoms with Crippen molar-refractivity contribution in [2.24, 2.45) is 5.41 Å². The van der Waals surface area contributed by atoms with Crippen LogP contribution in [0, 0.1) is 5.41 Å². The lowest BCUT2D eigenvalue weighted by Gasteiger charge is -2.40. The molecular weight excluding hydrogens is 350 g/mol. The lowest BCUT2D eigenvalue weighted by Crippen LogP contribution is -2.45. The van der Waals surface area contributed by atoms with Gasteiger partial charge < -0.3 is 14.8 Å². The van der Waals surface area contributed by atoms with Crippen LogP contribution in [0.1, 0.15) is 41.6 Å². The molecular formula is C23H29N3O2. The van der Waals surface area contributed by atoms with Gasteiger partial charge in [-0.15, -0.1) is 0 Å². The molecule has 2 aromatic rings. The van der Waals surface area contributed by atoms with E-state index in [9.17, 15) is 9.59 Å². The minimum absolute atomic E-state index is 0.0364. The lowest BCUT2D eigenvalue weighted by molar-refractivity contribution is 0.0688. The number of H-pyrrole nitrogens is 1. The molecule has 3 heterocycles. The number of aryl methyl sites for hydroxylation is 1. The van der Waals surface area contributed by atoms with Crippen LogP contribution in [0.25, 0.3) is 0 Å². The molecule has 1 aromatic carbocycles. The number of aromatic nitrogens is 1. The molecule has 5 heteroatoms. The van der Waals surface area contributed by atoms with Gasteiger partial charge in [-0.05, 0) is 56.8 Å². The molecule has 0 aliphatic carbocycles. The van der Waals surface area contributed by atoms with Crippen LogP contribution in [0.15, 0.2) is 53.5 Å². The van der Waals surface area contributed by atoms with Gasteiger partial charge in [0, 0.05) is 37.3 Å². The number of piperidine rings is 1. The Bertz CT molecular complexity index is 843. The molecule has 2 saturated heterocycles. The third kappa shape index (κ3) is 4.36. The Morgan fingerprint density at radius 3 is 2.68 bits per heavy atom. The number of rotatable bonds is 5. The van der Waals surface area contributed by atoms with Crippen molar-refractivity contribution < 1.29 is 4.79 Å². The Hall–Kier alpha value is -2.40. The van der Waals surface area contributed by atoms with E-state index < -0.39 is 0 Å². The van der Waals surface area contributed by atoms with Gasteiger partial charge in [0.25, 0.3) is 5.91 Å². The number of pyridine rings is 1. The largest absolute Gasteiger partial charge is 0.338 e. The predicted octanol–water partition coefficient (Wildman–Crippen LogP) is 2.94. The monoisotopic (exact) mass is 379 g/mol. The number of hydrogen-bond donors (Lipinski definition) is 1. The second-order valence-corrected chi connectivity index (χ2v) is 8.39. The van der Waals surface area contributed by atoms with Gasteiger partial charge in [0.05, 0.1) is 5.56 Å². The lowest BCUT2D eigenvalue weighted by atomic mass is 9.79. The zero-order chi connectivity index (χ0) is 19.4. The predicted molar refractivity (Wildman–Crippen MR) is 110 cm³/mol. The van der Waals surface area contributed by atoms with Gasteiger partial charge in [-0.3, -0.25) is 9.59 Å². The van der Waals surface area contributed by atoms with Gasteiger partial charge in [-0.2, -0.15) is 0 Å². The maximum atomic E-state index is 12.8. The van der Waals surface area contributed by atoms with Gasteiger partial charge in [0.1, 0.15) is 0 Å². The van der Waals surface area contributed by atoms with Crippen molar-refractivity contribution in [2.45, 2.75) is 32.1 Å². The SMILES string of the molecule is O=C(c1ccc(=O)[nH]c1)N1CC[C@]2(CCCN(CCCc3ccccc3)C2)C1. The van der Waals surface area contributed by atoms with Crippen LogP contribution in [-0.2, 0) is 6.42 Å². The molecule has 0 bridgehead atoms. The normalized spacial score (nSPS) is 22.6. The summed E-state index contributed by atoms with van der Waals surface area (Å²) in [6, 6.07) is 13.7. The summed E-state index contributed by atoms with van der Waals surface area (Å²) in [5.41, 5.74) is 2.05. The average molecular weight is 380 g/mol. The maximum Gasteiger partial charge on any atom is 0.255 e. The highest BCUT2D eigenvalue weighted by Gasteiger charge is 2.42. The van der Waals surface area contributed by atoms with Gasteiger partial charge >= 0.3 is 0 Å². The number of hydrogen-bond acceptors (Lipinski definition) is 3. The molecule has 1 atom stereocenters. The van der Waals surface area contributed by atoms with E-state index in [1.54, 1.807) is 6.07 Å². The summed E-state index contributed by atoms with van der Waals surface area (Å²) in [4.78, 5) is 31.2. The summed E-state index contributed by atoms with van der Waals surface area (Å²) in [5, 5.41) is 0. The number of likely N-dealkylation sites (tertiary alicyclic amines) is 2. The van der Waals surface area contributed by atoms with E-state index >= 15 is 0 Å². The number of carbonyl (C=O) groups excluding carboxylic acids is 1. The Kier molecular flexibility index (Phi) is 5.62. The Labute approximate surface area is 166 Å². The first-order chi connectivity index (χ1) is 13.6. The number of benzene rings is 1. The Morgan fingerprint density at radius 1 is 1.04 bits per heavy atom. The molecule has 1 N–H and O–H groups in total. The Morgan fingerprint density at radius 2 is 1.89 bits per heavy atom. The van der Waals surface area contributed by atoms with Crippen LogP contribution in [0.5, 0.6) is 0 Å². The number of nitrogens with zero attached hydrogens (tertiary/aromatic N) is 2. The van der Waals surface area contributed by atoms with Crippen molar-refractivity contribution in [1.29, 1.82) is 0 Å². The molecule has 148 valence electrons. The van der Waals surface area contributed by atoms with Crippen LogP contribution >= 0.6 is 0 Å². The molecule has 4 rings (SSSR count). The summed E-state index contributed by atoms with van der Waals surface area (Å²) in [6.45, 7) is 5.04. The van der Waals surface area contributed by atoms with E-state index in [0.717, 1.165) is 39.0 Å². The minimum Gasteiger partial charge on any atom is -0.338 e. The van der Waals surface area contributed by atoms with E-state index in [1.807, 2.05) is 4.90 Å². The van der Waals surface area contributed by atoms with Crippen LogP contribution in [0.2, 0.25) is 0 Å². The molecule has 2 aliphatic rings. The molecule has 0 radical (unpaired) electrons. The minimum atomic E-state index is -0.173. The fourth-order valence-electron chi connectivity index (χ4n) is 4.82. The molecule has 1 spiro atoms. The van der Waals surface area contributed by atoms with E-state index in [4.69, 9.17) is 0 Å². The molecule has 0 unspecified atom stereocenters. The van der Waals surface area contributed by atoms with Gasteiger partial charge in [0.15, 0.2) is 0 Å². The molecule has 1 amide bonds. The first kappa shape index (κ1) is 18.9. The number of aromatic amines is 1. The van der Waals surface area contributed by atoms with Crippen LogP contribution < -0.4 is 5.56 Å². The van der Waals surface area contributed by atoms with Crippen molar-refractivity contribution in [2.75, 3.05) is 32.7 Å². The summed E-state index contributed by atoms with van der Waals surface area (Å²) >= 11 is 0. The molecule has 5 nitrogen and oxygen atoms in total. The van der Waals surface area contributed by atoms with Gasteiger partial charge in [-0.1, -0.05) is 30.3 Å². The standard InChI is InChI=1S/C23H29N3O2/c27-21-10-9-20(16-24-21)22(28)26-15-12-23(18-26)11-5-14-25(17-23)13-4-8-19-6-2-1-3-7-19/h1-3,6-7,9-10,16H,4-5,8,11-15,17-18H2,(H,24,27)/t23-/m0/s1. The quantitative estimate of drug-likeness (QED) is 0.869. The van der Waals surface area contributed by atoms with Crippen molar-refractivity contribution >= 4 is 5.91 Å². The van der Waals surface area contributed by atoms with Crippen molar-refractivity contribution in [3.05, 3.63) is 70.1 Å². The molecule has 28 heavy (non-hydrogen) atoms. The molecule has 1 aromatic heterocycles. The van der Waals surface area contributed by atoms with Crippen LogP contribution in [-0.4, -0.2) is 53.4 Å². The van der Waals surface area contributed by atoms with Gasteiger partial charge in [-0.25, -0.2) is 0 Å². The fourth-order valence-corrected chi connectivity index (χ4v) is 4.82. The first-order valence-corrected chi connectivity index (χ1v) is 10.4. The maximum absolute atomic E-state index is 12.8. The highest BCUT2D eigenvalue weighted by atomic mass is 16.2. The van der Waals surface area contributed by atoms with E-state index in [1.165, 1.54) is 43.6 Å². The van der Waals surface area contributed by atoms with Crippen molar-refractivity contribution in [3.8, 4) is 0 Å². The summed E-state index contributed by atoms with van der Waals surface area (Å²) in [6.07, 6.45) is 7.34. The molecule has 2 aliphatic heterocycles. The number of nitrogens with one attached hydrogen (secondary N) is 1. The van der Waals surface area contributed by atoms with Crippen LogP contribution in [0.4, 0.5) is 0 Å². The zero-order valence-electron chi connectivity index (χ0n) is 16.4. The third-order valence-corrected chi connectivity index (χ3v) is 6.28. The van der Waals surface area contributed by atoms with E-state index in [0.29, 0.717) is 5.56 Å². The smallest absolute Gasteiger partial charge is 0.255 e. The first-order valence-electron chi connectivity index (χ1n) is 10.4.